The summed E-state index contributed by atoms with van der Waals surface area (Å²) in [5, 5.41) is 11.5. The van der Waals surface area contributed by atoms with Crippen LogP contribution >= 0.6 is 0 Å². The molecular weight excluding hydrogens is 513 g/mol. The van der Waals surface area contributed by atoms with E-state index in [-0.39, 0.29) is 23.9 Å². The van der Waals surface area contributed by atoms with Gasteiger partial charge < -0.3 is 15.4 Å². The standard InChI is InChI=1S/C27H25F3N6O3/c1-15(2)8-11-36-24-22(25(31)32-33-26(24)38)23(34-36)18-6-7-20-17(14-18)9-10-35(20)21(37)13-16-4-3-5-19(12-16)39-27(28,29)30/h3-8,12,14H,9-11,13H2,1-2H3,(H2,31,32)(H,33,38). The number of hydrogen-bond donors (Lipinski definition) is 2. The molecule has 0 atom stereocenters. The number of hydrogen-bond acceptors (Lipinski definition) is 6. The summed E-state index contributed by atoms with van der Waals surface area (Å²) in [5.41, 5.74) is 10.4. The highest BCUT2D eigenvalue weighted by Gasteiger charge is 2.31. The molecule has 2 aromatic carbocycles. The maximum Gasteiger partial charge on any atom is 0.573 e. The highest BCUT2D eigenvalue weighted by molar-refractivity contribution is 6.01. The molecule has 4 aromatic rings. The number of carbonyl (C=O) groups excluding carboxylic acids is 1. The zero-order valence-electron chi connectivity index (χ0n) is 21.2. The van der Waals surface area contributed by atoms with Gasteiger partial charge in [-0.1, -0.05) is 29.8 Å². The first kappa shape index (κ1) is 26.0. The first-order chi connectivity index (χ1) is 18.5. The molecule has 0 bridgehead atoms. The van der Waals surface area contributed by atoms with E-state index < -0.39 is 11.9 Å². The molecule has 0 aliphatic carbocycles. The van der Waals surface area contributed by atoms with E-state index in [0.29, 0.717) is 47.4 Å². The summed E-state index contributed by atoms with van der Waals surface area (Å²) < 4.78 is 43.3. The van der Waals surface area contributed by atoms with Gasteiger partial charge >= 0.3 is 6.36 Å². The number of benzene rings is 2. The molecule has 9 nitrogen and oxygen atoms in total. The Kier molecular flexibility index (Phi) is 6.62. The van der Waals surface area contributed by atoms with Crippen LogP contribution in [0.1, 0.15) is 25.0 Å². The minimum absolute atomic E-state index is 0.0827. The summed E-state index contributed by atoms with van der Waals surface area (Å²) in [7, 11) is 0. The Balaban J connectivity index is 1.44. The van der Waals surface area contributed by atoms with Crippen molar-refractivity contribution in [2.75, 3.05) is 17.2 Å². The first-order valence-electron chi connectivity index (χ1n) is 12.2. The fourth-order valence-corrected chi connectivity index (χ4v) is 4.69. The third-order valence-corrected chi connectivity index (χ3v) is 6.41. The first-order valence-corrected chi connectivity index (χ1v) is 12.2. The van der Waals surface area contributed by atoms with Crippen LogP contribution in [0.3, 0.4) is 0 Å². The van der Waals surface area contributed by atoms with E-state index in [1.165, 1.54) is 18.2 Å². The number of H-pyrrole nitrogens is 1. The molecule has 0 fully saturated rings. The number of nitrogens with one attached hydrogen (secondary N) is 1. The lowest BCUT2D eigenvalue weighted by Crippen LogP contribution is -2.30. The van der Waals surface area contributed by atoms with Crippen molar-refractivity contribution < 1.29 is 22.7 Å². The molecule has 0 saturated carbocycles. The number of alkyl halides is 3. The van der Waals surface area contributed by atoms with Crippen LogP contribution in [0.15, 0.2) is 58.9 Å². The van der Waals surface area contributed by atoms with Gasteiger partial charge in [-0.2, -0.15) is 10.2 Å². The number of nitrogen functional groups attached to an aromatic ring is 1. The zero-order valence-corrected chi connectivity index (χ0v) is 21.2. The number of carbonyl (C=O) groups is 1. The molecule has 2 aromatic heterocycles. The van der Waals surface area contributed by atoms with Crippen LogP contribution in [0.4, 0.5) is 24.7 Å². The van der Waals surface area contributed by atoms with Crippen molar-refractivity contribution in [2.45, 2.75) is 39.6 Å². The van der Waals surface area contributed by atoms with Gasteiger partial charge in [0.1, 0.15) is 17.0 Å². The number of nitrogens with zero attached hydrogens (tertiary/aromatic N) is 4. The Bertz CT molecular complexity index is 1670. The number of amides is 1. The smallest absolute Gasteiger partial charge is 0.406 e. The number of nitrogens with two attached hydrogens (primary N) is 1. The van der Waals surface area contributed by atoms with Crippen LogP contribution in [-0.2, 0) is 24.2 Å². The lowest BCUT2D eigenvalue weighted by molar-refractivity contribution is -0.274. The summed E-state index contributed by atoms with van der Waals surface area (Å²) >= 11 is 0. The van der Waals surface area contributed by atoms with E-state index in [4.69, 9.17) is 5.73 Å². The van der Waals surface area contributed by atoms with Crippen LogP contribution in [0, 0.1) is 0 Å². The quantitative estimate of drug-likeness (QED) is 0.352. The van der Waals surface area contributed by atoms with Gasteiger partial charge in [0.2, 0.25) is 5.91 Å². The van der Waals surface area contributed by atoms with Crippen molar-refractivity contribution in [3.05, 3.63) is 75.6 Å². The van der Waals surface area contributed by atoms with Gasteiger partial charge in [0.15, 0.2) is 5.82 Å². The fraction of sp³-hybridized carbons (Fsp3) is 0.259. The van der Waals surface area contributed by atoms with Crippen molar-refractivity contribution >= 4 is 28.3 Å². The van der Waals surface area contributed by atoms with E-state index >= 15 is 0 Å². The van der Waals surface area contributed by atoms with Crippen molar-refractivity contribution in [3.8, 4) is 17.0 Å². The van der Waals surface area contributed by atoms with Crippen LogP contribution in [0.25, 0.3) is 22.2 Å². The third-order valence-electron chi connectivity index (χ3n) is 6.41. The highest BCUT2D eigenvalue weighted by atomic mass is 19.4. The van der Waals surface area contributed by atoms with Crippen molar-refractivity contribution in [2.24, 2.45) is 0 Å². The summed E-state index contributed by atoms with van der Waals surface area (Å²) in [6, 6.07) is 10.9. The second kappa shape index (κ2) is 9.93. The molecule has 1 aliphatic rings. The molecule has 0 unspecified atom stereocenters. The fourth-order valence-electron chi connectivity index (χ4n) is 4.69. The number of fused-ring (bicyclic) bond motifs is 2. The number of aromatic amines is 1. The van der Waals surface area contributed by atoms with Gasteiger partial charge in [-0.25, -0.2) is 5.10 Å². The number of anilines is 2. The molecule has 0 radical (unpaired) electrons. The topological polar surface area (TPSA) is 119 Å². The van der Waals surface area contributed by atoms with Crippen LogP contribution in [-0.4, -0.2) is 38.8 Å². The van der Waals surface area contributed by atoms with Crippen molar-refractivity contribution in [1.82, 2.24) is 20.0 Å². The molecule has 1 amide bonds. The Morgan fingerprint density at radius 1 is 1.21 bits per heavy atom. The molecule has 3 N–H and O–H groups in total. The van der Waals surface area contributed by atoms with E-state index in [9.17, 15) is 22.8 Å². The lowest BCUT2D eigenvalue weighted by atomic mass is 10.0. The van der Waals surface area contributed by atoms with Crippen molar-refractivity contribution in [1.29, 1.82) is 0 Å². The average molecular weight is 539 g/mol. The van der Waals surface area contributed by atoms with E-state index in [1.54, 1.807) is 27.8 Å². The van der Waals surface area contributed by atoms with Gasteiger partial charge in [-0.15, -0.1) is 13.2 Å². The molecule has 202 valence electrons. The molecule has 5 rings (SSSR count). The largest absolute Gasteiger partial charge is 0.573 e. The number of rotatable bonds is 6. The third kappa shape index (κ3) is 5.35. The SMILES string of the molecule is CC(C)=CCn1nc(-c2ccc3c(c2)CCN3C(=O)Cc2cccc(OC(F)(F)F)c2)c2c(N)n[nH]c(=O)c21. The molecule has 0 saturated heterocycles. The Morgan fingerprint density at radius 2 is 2.00 bits per heavy atom. The van der Waals surface area contributed by atoms with Gasteiger partial charge in [-0.05, 0) is 55.7 Å². The second-order valence-corrected chi connectivity index (χ2v) is 9.48. The predicted octanol–water partition coefficient (Wildman–Crippen LogP) is 4.37. The maximum atomic E-state index is 13.1. The predicted molar refractivity (Wildman–Crippen MR) is 140 cm³/mol. The second-order valence-electron chi connectivity index (χ2n) is 9.48. The van der Waals surface area contributed by atoms with Gasteiger partial charge in [0, 0.05) is 17.8 Å². The number of halogens is 3. The normalized spacial score (nSPS) is 13.0. The summed E-state index contributed by atoms with van der Waals surface area (Å²) in [6.07, 6.45) is -2.36. The minimum Gasteiger partial charge on any atom is -0.406 e. The van der Waals surface area contributed by atoms with Crippen LogP contribution in [0.5, 0.6) is 5.75 Å². The Labute approximate surface area is 220 Å². The monoisotopic (exact) mass is 538 g/mol. The van der Waals surface area contributed by atoms with E-state index in [1.807, 2.05) is 26.0 Å². The van der Waals surface area contributed by atoms with E-state index in [0.717, 1.165) is 16.7 Å². The zero-order chi connectivity index (χ0) is 27.9. The number of ether oxygens (including phenoxy) is 1. The van der Waals surface area contributed by atoms with Crippen molar-refractivity contribution in [3.63, 3.8) is 0 Å². The van der Waals surface area contributed by atoms with E-state index in [2.05, 4.69) is 20.0 Å². The molecular formula is C27H25F3N6O3. The average Bonchev–Trinajstić information content (AvgIpc) is 3.46. The van der Waals surface area contributed by atoms with Gasteiger partial charge in [0.05, 0.1) is 18.4 Å². The number of aromatic nitrogens is 4. The molecule has 3 heterocycles. The highest BCUT2D eigenvalue weighted by Crippen LogP contribution is 2.36. The lowest BCUT2D eigenvalue weighted by Gasteiger charge is -2.18. The number of allylic oxidation sites excluding steroid dienone is 2. The summed E-state index contributed by atoms with van der Waals surface area (Å²) in [4.78, 5) is 27.3. The van der Waals surface area contributed by atoms with Crippen LogP contribution < -0.4 is 20.9 Å². The molecule has 39 heavy (non-hydrogen) atoms. The minimum atomic E-state index is -4.81. The summed E-state index contributed by atoms with van der Waals surface area (Å²) in [5.74, 6) is -0.470. The maximum absolute atomic E-state index is 13.1. The van der Waals surface area contributed by atoms with Gasteiger partial charge in [-0.3, -0.25) is 14.3 Å². The molecule has 12 heteroatoms. The summed E-state index contributed by atoms with van der Waals surface area (Å²) in [6.45, 7) is 4.71. The molecule has 0 spiro atoms. The van der Waals surface area contributed by atoms with Crippen LogP contribution in [0.2, 0.25) is 0 Å². The Hall–Kier alpha value is -4.61. The molecule has 1 aliphatic heterocycles. The Morgan fingerprint density at radius 3 is 2.74 bits per heavy atom. The van der Waals surface area contributed by atoms with Gasteiger partial charge in [0.25, 0.3) is 5.56 Å².